The number of rotatable bonds is 11. The van der Waals surface area contributed by atoms with Gasteiger partial charge in [0.2, 0.25) is 0 Å². The molecule has 8 heteroatoms. The van der Waals surface area contributed by atoms with Crippen molar-refractivity contribution in [2.24, 2.45) is 0 Å². The van der Waals surface area contributed by atoms with E-state index in [1.54, 1.807) is 30.3 Å². The van der Waals surface area contributed by atoms with Gasteiger partial charge in [-0.3, -0.25) is 0 Å². The summed E-state index contributed by atoms with van der Waals surface area (Å²) in [6, 6.07) is 14.7. The summed E-state index contributed by atoms with van der Waals surface area (Å²) >= 11 is 0. The number of methoxy groups -OCH3 is 1. The predicted octanol–water partition coefficient (Wildman–Crippen LogP) is 5.44. The molecule has 0 aliphatic heterocycles. The van der Waals surface area contributed by atoms with Crippen molar-refractivity contribution in [3.05, 3.63) is 71.8 Å². The van der Waals surface area contributed by atoms with Crippen LogP contribution in [0.2, 0.25) is 0 Å². The number of hydrogen-bond acceptors (Lipinski definition) is 5. The van der Waals surface area contributed by atoms with E-state index in [4.69, 9.17) is 14.2 Å². The molecular weight excluding hydrogens is 425 g/mol. The normalized spacial score (nSPS) is 14.3. The Bertz CT molecular complexity index is 855. The van der Waals surface area contributed by atoms with E-state index in [1.807, 2.05) is 6.92 Å². The third kappa shape index (κ3) is 6.09. The number of esters is 2. The predicted molar refractivity (Wildman–Crippen MR) is 112 cm³/mol. The molecule has 0 fully saturated rings. The third-order valence-electron chi connectivity index (χ3n) is 4.99. The summed E-state index contributed by atoms with van der Waals surface area (Å²) in [4.78, 5) is 25.1. The minimum Gasteiger partial charge on any atom is -0.458 e. The average Bonchev–Trinajstić information content (AvgIpc) is 2.78. The van der Waals surface area contributed by atoms with E-state index < -0.39 is 35.4 Å². The van der Waals surface area contributed by atoms with Gasteiger partial charge in [0.1, 0.15) is 12.7 Å². The molecule has 2 atom stereocenters. The van der Waals surface area contributed by atoms with Gasteiger partial charge in [0.15, 0.2) is 0 Å². The van der Waals surface area contributed by atoms with Crippen LogP contribution in [0.4, 0.5) is 13.2 Å². The van der Waals surface area contributed by atoms with Gasteiger partial charge in [0.25, 0.3) is 5.60 Å². The lowest BCUT2D eigenvalue weighted by atomic mass is 9.92. The van der Waals surface area contributed by atoms with Crippen molar-refractivity contribution >= 4 is 11.9 Å². The largest absolute Gasteiger partial charge is 0.458 e. The molecule has 174 valence electrons. The van der Waals surface area contributed by atoms with Gasteiger partial charge < -0.3 is 14.2 Å². The second-order valence-corrected chi connectivity index (χ2v) is 7.24. The van der Waals surface area contributed by atoms with Crippen LogP contribution in [-0.4, -0.2) is 37.9 Å². The summed E-state index contributed by atoms with van der Waals surface area (Å²) in [5.74, 6) is -2.25. The lowest BCUT2D eigenvalue weighted by Gasteiger charge is -2.33. The van der Waals surface area contributed by atoms with Crippen molar-refractivity contribution in [2.75, 3.05) is 13.7 Å². The molecule has 2 aromatic rings. The highest BCUT2D eigenvalue weighted by Gasteiger charge is 2.64. The van der Waals surface area contributed by atoms with Crippen molar-refractivity contribution in [3.63, 3.8) is 0 Å². The molecule has 0 bridgehead atoms. The van der Waals surface area contributed by atoms with E-state index in [2.05, 4.69) is 0 Å². The minimum atomic E-state index is -5.07. The van der Waals surface area contributed by atoms with Crippen LogP contribution in [0.5, 0.6) is 0 Å². The first-order valence-corrected chi connectivity index (χ1v) is 10.4. The Balaban J connectivity index is 2.23. The maximum absolute atomic E-state index is 14.1. The Morgan fingerprint density at radius 2 is 1.53 bits per heavy atom. The maximum Gasteiger partial charge on any atom is 0.432 e. The van der Waals surface area contributed by atoms with Crippen LogP contribution in [0.1, 0.15) is 48.5 Å². The number of alkyl halides is 3. The standard InChI is InChI=1S/C24H27F3O5/c1-3-4-7-16-20(17-31-21(28)18-12-8-5-9-13-18)32-22(29)23(30-2,24(25,26)27)19-14-10-6-11-15-19/h5-6,8-15,20H,3-4,7,16-17H2,1-2H3/t20-,23?/m0/s1. The molecule has 0 saturated carbocycles. The Morgan fingerprint density at radius 3 is 2.06 bits per heavy atom. The van der Waals surface area contributed by atoms with E-state index in [0.29, 0.717) is 6.42 Å². The number of ether oxygens (including phenoxy) is 3. The maximum atomic E-state index is 14.1. The quantitative estimate of drug-likeness (QED) is 0.336. The molecule has 2 rings (SSSR count). The molecule has 32 heavy (non-hydrogen) atoms. The smallest absolute Gasteiger partial charge is 0.432 e. The van der Waals surface area contributed by atoms with E-state index >= 15 is 0 Å². The Hall–Kier alpha value is -2.87. The first-order valence-electron chi connectivity index (χ1n) is 10.4. The minimum absolute atomic E-state index is 0.244. The molecule has 0 amide bonds. The number of carbonyl (C=O) groups excluding carboxylic acids is 2. The van der Waals surface area contributed by atoms with Gasteiger partial charge in [0.05, 0.1) is 5.56 Å². The summed E-state index contributed by atoms with van der Waals surface area (Å²) in [6.45, 7) is 1.60. The lowest BCUT2D eigenvalue weighted by molar-refractivity contribution is -0.278. The molecule has 0 spiro atoms. The van der Waals surface area contributed by atoms with E-state index in [9.17, 15) is 22.8 Å². The molecule has 0 aliphatic rings. The first kappa shape index (κ1) is 25.4. The molecule has 0 aliphatic carbocycles. The second-order valence-electron chi connectivity index (χ2n) is 7.24. The van der Waals surface area contributed by atoms with Crippen molar-refractivity contribution in [3.8, 4) is 0 Å². The first-order chi connectivity index (χ1) is 15.3. The molecule has 0 aromatic heterocycles. The fraction of sp³-hybridized carbons (Fsp3) is 0.417. The second kappa shape index (κ2) is 11.7. The van der Waals surface area contributed by atoms with Crippen LogP contribution in [0, 0.1) is 0 Å². The zero-order valence-corrected chi connectivity index (χ0v) is 18.1. The summed E-state index contributed by atoms with van der Waals surface area (Å²) < 4.78 is 57.5. The summed E-state index contributed by atoms with van der Waals surface area (Å²) in [7, 11) is 0.809. The van der Waals surface area contributed by atoms with Gasteiger partial charge in [-0.1, -0.05) is 68.3 Å². The van der Waals surface area contributed by atoms with Crippen LogP contribution in [0.3, 0.4) is 0 Å². The highest BCUT2D eigenvalue weighted by atomic mass is 19.4. The molecule has 0 radical (unpaired) electrons. The van der Waals surface area contributed by atoms with Crippen LogP contribution in [-0.2, 0) is 24.6 Å². The summed E-state index contributed by atoms with van der Waals surface area (Å²) in [5, 5.41) is 0. The summed E-state index contributed by atoms with van der Waals surface area (Å²) in [5.41, 5.74) is -3.40. The molecule has 2 aromatic carbocycles. The van der Waals surface area contributed by atoms with Crippen LogP contribution in [0.25, 0.3) is 0 Å². The molecule has 5 nitrogen and oxygen atoms in total. The zero-order valence-electron chi connectivity index (χ0n) is 18.1. The van der Waals surface area contributed by atoms with Crippen LogP contribution in [0.15, 0.2) is 60.7 Å². The Morgan fingerprint density at radius 1 is 0.938 bits per heavy atom. The molecule has 0 saturated heterocycles. The van der Waals surface area contributed by atoms with E-state index in [-0.39, 0.29) is 18.6 Å². The number of hydrogen-bond donors (Lipinski definition) is 0. The fourth-order valence-corrected chi connectivity index (χ4v) is 3.25. The average molecular weight is 452 g/mol. The number of benzene rings is 2. The number of halogens is 3. The van der Waals surface area contributed by atoms with Gasteiger partial charge in [-0.2, -0.15) is 13.2 Å². The van der Waals surface area contributed by atoms with Crippen molar-refractivity contribution in [1.82, 2.24) is 0 Å². The number of carbonyl (C=O) groups is 2. The zero-order chi connectivity index (χ0) is 23.6. The Labute approximate surface area is 185 Å². The van der Waals surface area contributed by atoms with Gasteiger partial charge in [-0.05, 0) is 25.0 Å². The molecular formula is C24H27F3O5. The van der Waals surface area contributed by atoms with Crippen molar-refractivity contribution in [2.45, 2.75) is 50.5 Å². The van der Waals surface area contributed by atoms with E-state index in [0.717, 1.165) is 32.1 Å². The topological polar surface area (TPSA) is 61.8 Å². The highest BCUT2D eigenvalue weighted by Crippen LogP contribution is 2.43. The van der Waals surface area contributed by atoms with E-state index in [1.165, 1.54) is 18.2 Å². The Kier molecular flexibility index (Phi) is 9.26. The molecule has 0 N–H and O–H groups in total. The van der Waals surface area contributed by atoms with Crippen LogP contribution < -0.4 is 0 Å². The lowest BCUT2D eigenvalue weighted by Crippen LogP contribution is -2.52. The van der Waals surface area contributed by atoms with Gasteiger partial charge in [-0.25, -0.2) is 9.59 Å². The number of unbranched alkanes of at least 4 members (excludes halogenated alkanes) is 2. The monoisotopic (exact) mass is 452 g/mol. The van der Waals surface area contributed by atoms with Gasteiger partial charge in [-0.15, -0.1) is 0 Å². The SMILES string of the molecule is CCCCC[C@@H](COC(=O)c1ccccc1)OC(=O)C(OC)(c1ccccc1)C(F)(F)F. The van der Waals surface area contributed by atoms with Crippen molar-refractivity contribution in [1.29, 1.82) is 0 Å². The fourth-order valence-electron chi connectivity index (χ4n) is 3.25. The molecule has 1 unspecified atom stereocenters. The molecule has 0 heterocycles. The third-order valence-corrected chi connectivity index (χ3v) is 4.99. The van der Waals surface area contributed by atoms with Crippen molar-refractivity contribution < 1.29 is 37.0 Å². The van der Waals surface area contributed by atoms with Gasteiger partial charge in [0, 0.05) is 12.7 Å². The summed E-state index contributed by atoms with van der Waals surface area (Å²) in [6.07, 6.45) is -3.65. The van der Waals surface area contributed by atoms with Crippen LogP contribution >= 0.6 is 0 Å². The van der Waals surface area contributed by atoms with Gasteiger partial charge >= 0.3 is 18.1 Å². The highest BCUT2D eigenvalue weighted by molar-refractivity contribution is 5.89.